The lowest BCUT2D eigenvalue weighted by Gasteiger charge is -2.45. The second-order valence-corrected chi connectivity index (χ2v) is 5.16. The number of hydrogen-bond donors (Lipinski definition) is 3. The van der Waals surface area contributed by atoms with E-state index in [9.17, 15) is 9.59 Å². The van der Waals surface area contributed by atoms with Crippen LogP contribution in [0, 0.1) is 0 Å². The van der Waals surface area contributed by atoms with E-state index < -0.39 is 23.1 Å². The molecular formula is C8H14N2O4S. The first kappa shape index (κ1) is 12.1. The van der Waals surface area contributed by atoms with E-state index in [0.29, 0.717) is 0 Å². The molecule has 1 fully saturated rings. The van der Waals surface area contributed by atoms with Gasteiger partial charge in [-0.25, -0.2) is 18.6 Å². The van der Waals surface area contributed by atoms with Crippen LogP contribution in [0.15, 0.2) is 0 Å². The van der Waals surface area contributed by atoms with Crippen molar-refractivity contribution in [2.75, 3.05) is 0 Å². The molecule has 0 aromatic heterocycles. The lowest BCUT2D eigenvalue weighted by atomic mass is 9.86. The summed E-state index contributed by atoms with van der Waals surface area (Å²) in [6.45, 7) is 5.08. The van der Waals surface area contributed by atoms with Crippen molar-refractivity contribution in [2.24, 2.45) is 0 Å². The van der Waals surface area contributed by atoms with Gasteiger partial charge in [0.15, 0.2) is 5.54 Å². The average Bonchev–Trinajstić information content (AvgIpc) is 2.00. The summed E-state index contributed by atoms with van der Waals surface area (Å²) >= 11 is 0.816. The van der Waals surface area contributed by atoms with Crippen molar-refractivity contribution < 1.29 is 19.8 Å². The predicted molar refractivity (Wildman–Crippen MR) is 55.3 cm³/mol. The summed E-state index contributed by atoms with van der Waals surface area (Å²) in [6.07, 6.45) is -1.04. The van der Waals surface area contributed by atoms with E-state index in [2.05, 4.69) is 4.72 Å². The highest BCUT2D eigenvalue weighted by atomic mass is 32.2. The molecule has 1 aliphatic heterocycles. The van der Waals surface area contributed by atoms with Gasteiger partial charge in [-0.15, -0.1) is 0 Å². The number of nitrogens with zero attached hydrogens (tertiary/aromatic N) is 1. The van der Waals surface area contributed by atoms with Crippen molar-refractivity contribution >= 4 is 24.2 Å². The lowest BCUT2D eigenvalue weighted by molar-refractivity contribution is -0.148. The summed E-state index contributed by atoms with van der Waals surface area (Å²) in [6, 6.07) is 0. The van der Waals surface area contributed by atoms with Crippen LogP contribution in [-0.4, -0.2) is 37.7 Å². The van der Waals surface area contributed by atoms with E-state index in [1.54, 1.807) is 0 Å². The molecule has 1 saturated heterocycles. The Morgan fingerprint density at radius 3 is 2.27 bits per heavy atom. The Hall–Kier alpha value is -0.950. The van der Waals surface area contributed by atoms with Crippen LogP contribution in [-0.2, 0) is 4.79 Å². The second-order valence-electron chi connectivity index (χ2n) is 4.41. The molecule has 0 saturated carbocycles. The molecule has 1 heterocycles. The van der Waals surface area contributed by atoms with Crippen LogP contribution in [0.5, 0.6) is 0 Å². The molecule has 6 nitrogen and oxygen atoms in total. The number of carbonyl (C=O) groups is 2. The van der Waals surface area contributed by atoms with Gasteiger partial charge in [-0.05, 0) is 20.8 Å². The van der Waals surface area contributed by atoms with Gasteiger partial charge in [-0.1, -0.05) is 0 Å². The maximum absolute atomic E-state index is 11.1. The van der Waals surface area contributed by atoms with Crippen LogP contribution < -0.4 is 4.72 Å². The Kier molecular flexibility index (Phi) is 2.88. The highest BCUT2D eigenvalue weighted by Crippen LogP contribution is 2.37. The largest absolute Gasteiger partial charge is 0.479 e. The highest BCUT2D eigenvalue weighted by Gasteiger charge is 2.50. The number of amides is 1. The van der Waals surface area contributed by atoms with E-state index in [0.717, 1.165) is 16.4 Å². The van der Waals surface area contributed by atoms with Gasteiger partial charge < -0.3 is 10.2 Å². The molecular weight excluding hydrogens is 220 g/mol. The molecule has 1 rings (SSSR count). The van der Waals surface area contributed by atoms with Crippen molar-refractivity contribution in [1.29, 1.82) is 0 Å². The predicted octanol–water partition coefficient (Wildman–Crippen LogP) is 1.14. The third-order valence-electron chi connectivity index (χ3n) is 2.28. The van der Waals surface area contributed by atoms with Gasteiger partial charge in [-0.3, -0.25) is 0 Å². The minimum absolute atomic E-state index is 0.217. The molecule has 15 heavy (non-hydrogen) atoms. The molecule has 7 heteroatoms. The molecule has 0 spiro atoms. The molecule has 86 valence electrons. The number of nitrogens with one attached hydrogen (secondary N) is 1. The molecule has 0 bridgehead atoms. The second kappa shape index (κ2) is 3.57. The third kappa shape index (κ3) is 2.18. The van der Waals surface area contributed by atoms with Gasteiger partial charge in [0.05, 0.1) is 0 Å². The van der Waals surface area contributed by atoms with Crippen LogP contribution in [0.3, 0.4) is 0 Å². The van der Waals surface area contributed by atoms with Crippen LogP contribution in [0.2, 0.25) is 0 Å². The normalized spacial score (nSPS) is 29.9. The van der Waals surface area contributed by atoms with Gasteiger partial charge in [0.1, 0.15) is 0 Å². The molecule has 1 amide bonds. The summed E-state index contributed by atoms with van der Waals surface area (Å²) in [7, 11) is 0. The first-order valence-corrected chi connectivity index (χ1v) is 5.17. The van der Waals surface area contributed by atoms with Gasteiger partial charge in [-0.2, -0.15) is 0 Å². The van der Waals surface area contributed by atoms with E-state index >= 15 is 0 Å². The topological polar surface area (TPSA) is 89.9 Å². The summed E-state index contributed by atoms with van der Waals surface area (Å²) in [5, 5.41) is 18.0. The lowest BCUT2D eigenvalue weighted by Crippen LogP contribution is -2.62. The zero-order chi connectivity index (χ0) is 11.9. The summed E-state index contributed by atoms with van der Waals surface area (Å²) in [4.78, 5) is 22.0. The average molecular weight is 234 g/mol. The summed E-state index contributed by atoms with van der Waals surface area (Å²) < 4.78 is 3.73. The third-order valence-corrected chi connectivity index (χ3v) is 3.67. The zero-order valence-corrected chi connectivity index (χ0v) is 9.59. The van der Waals surface area contributed by atoms with Crippen LogP contribution in [0.4, 0.5) is 4.79 Å². The molecule has 0 radical (unpaired) electrons. The maximum Gasteiger partial charge on any atom is 0.419 e. The Morgan fingerprint density at radius 1 is 1.33 bits per heavy atom. The van der Waals surface area contributed by atoms with E-state index in [1.807, 2.05) is 13.8 Å². The Labute approximate surface area is 91.9 Å². The van der Waals surface area contributed by atoms with Crippen molar-refractivity contribution in [3.05, 3.63) is 0 Å². The fourth-order valence-corrected chi connectivity index (χ4v) is 2.48. The molecule has 1 aliphatic rings. The molecule has 3 N–H and O–H groups in total. The van der Waals surface area contributed by atoms with Gasteiger partial charge in [0.2, 0.25) is 0 Å². The van der Waals surface area contributed by atoms with Crippen LogP contribution in [0.25, 0.3) is 0 Å². The van der Waals surface area contributed by atoms with Crippen molar-refractivity contribution in [3.8, 4) is 0 Å². The smallest absolute Gasteiger partial charge is 0.419 e. The van der Waals surface area contributed by atoms with Gasteiger partial charge >= 0.3 is 12.1 Å². The monoisotopic (exact) mass is 234 g/mol. The number of rotatable bonds is 1. The summed E-state index contributed by atoms with van der Waals surface area (Å²) in [5.74, 6) is -1.13. The van der Waals surface area contributed by atoms with Gasteiger partial charge in [0.25, 0.3) is 0 Å². The van der Waals surface area contributed by atoms with Crippen molar-refractivity contribution in [3.63, 3.8) is 0 Å². The summed E-state index contributed by atoms with van der Waals surface area (Å²) in [5.41, 5.74) is -1.81. The van der Waals surface area contributed by atoms with Crippen LogP contribution in [0.1, 0.15) is 27.2 Å². The quantitative estimate of drug-likeness (QED) is 0.589. The minimum atomic E-state index is -1.40. The molecule has 1 atom stereocenters. The van der Waals surface area contributed by atoms with Crippen LogP contribution >= 0.6 is 12.1 Å². The van der Waals surface area contributed by atoms with E-state index in [1.165, 1.54) is 6.92 Å². The molecule has 0 unspecified atom stereocenters. The number of hydrogen-bond acceptors (Lipinski definition) is 4. The fraction of sp³-hybridized carbons (Fsp3) is 0.750. The SMILES string of the molecule is CC1(C)C[C@@](C)(C(=O)O)N(C(=O)O)SN1. The number of carboxylic acids is 1. The van der Waals surface area contributed by atoms with Crippen molar-refractivity contribution in [2.45, 2.75) is 38.3 Å². The van der Waals surface area contributed by atoms with Gasteiger partial charge in [0, 0.05) is 24.1 Å². The molecule has 0 aromatic rings. The molecule has 0 aromatic carbocycles. The fourth-order valence-electron chi connectivity index (χ4n) is 1.65. The first-order chi connectivity index (χ1) is 6.69. The first-order valence-electron chi connectivity index (χ1n) is 4.40. The minimum Gasteiger partial charge on any atom is -0.479 e. The highest BCUT2D eigenvalue weighted by molar-refractivity contribution is 7.95. The van der Waals surface area contributed by atoms with E-state index in [-0.39, 0.29) is 6.42 Å². The maximum atomic E-state index is 11.1. The Morgan fingerprint density at radius 2 is 1.87 bits per heavy atom. The zero-order valence-electron chi connectivity index (χ0n) is 8.77. The standard InChI is InChI=1S/C8H14N2O4S/c1-7(2)4-8(3,5(11)12)10(6(13)14)15-9-7/h9H,4H2,1-3H3,(H,11,12)(H,13,14)/t8-/m0/s1. The van der Waals surface area contributed by atoms with E-state index in [4.69, 9.17) is 10.2 Å². The Balaban J connectivity index is 3.03. The van der Waals surface area contributed by atoms with Crippen molar-refractivity contribution in [1.82, 2.24) is 9.03 Å². The number of carboxylic acid groups (broad SMARTS) is 2. The Bertz CT molecular complexity index is 307. The molecule has 0 aliphatic carbocycles. The number of aliphatic carboxylic acids is 1.